The Morgan fingerprint density at radius 2 is 2.00 bits per heavy atom. The summed E-state index contributed by atoms with van der Waals surface area (Å²) >= 11 is 0. The number of hydrogen-bond donors (Lipinski definition) is 1. The van der Waals surface area contributed by atoms with E-state index >= 15 is 0 Å². The Morgan fingerprint density at radius 3 is 2.42 bits per heavy atom. The largest absolute Gasteiger partial charge is 0.339 e. The fourth-order valence-corrected chi connectivity index (χ4v) is 0.787. The van der Waals surface area contributed by atoms with Gasteiger partial charge in [-0.05, 0) is 14.0 Å². The number of nitrogens with zero attached hydrogens (tertiary/aromatic N) is 2. The van der Waals surface area contributed by atoms with Crippen molar-refractivity contribution in [1.82, 2.24) is 15.5 Å². The number of hydrogen-bond acceptors (Lipinski definition) is 4. The van der Waals surface area contributed by atoms with Crippen LogP contribution >= 0.6 is 0 Å². The van der Waals surface area contributed by atoms with Gasteiger partial charge < -0.3 is 9.84 Å². The van der Waals surface area contributed by atoms with Gasteiger partial charge in [0.15, 0.2) is 5.82 Å². The van der Waals surface area contributed by atoms with Gasteiger partial charge in [-0.3, -0.25) is 0 Å². The van der Waals surface area contributed by atoms with Crippen LogP contribution in [0.2, 0.25) is 0 Å². The molecule has 0 radical (unpaired) electrons. The number of rotatable bonds is 3. The van der Waals surface area contributed by atoms with Crippen molar-refractivity contribution in [3.05, 3.63) is 11.7 Å². The standard InChI is InChI=1S/C8H15N3O/c1-5(2)8-10-7(11-12-8)6(3)9-4/h5-6,9H,1-4H3. The molecule has 1 rings (SSSR count). The highest BCUT2D eigenvalue weighted by Crippen LogP contribution is 2.14. The van der Waals surface area contributed by atoms with Crippen LogP contribution in [-0.2, 0) is 0 Å². The van der Waals surface area contributed by atoms with Crippen molar-refractivity contribution in [3.63, 3.8) is 0 Å². The molecule has 12 heavy (non-hydrogen) atoms. The summed E-state index contributed by atoms with van der Waals surface area (Å²) in [7, 11) is 1.87. The van der Waals surface area contributed by atoms with Crippen molar-refractivity contribution in [3.8, 4) is 0 Å². The second-order valence-electron chi connectivity index (χ2n) is 3.16. The van der Waals surface area contributed by atoms with Gasteiger partial charge in [0, 0.05) is 5.92 Å². The second kappa shape index (κ2) is 3.67. The Kier molecular flexibility index (Phi) is 2.81. The van der Waals surface area contributed by atoms with Gasteiger partial charge in [-0.25, -0.2) is 0 Å². The molecule has 1 aromatic rings. The van der Waals surface area contributed by atoms with Gasteiger partial charge in [-0.2, -0.15) is 4.98 Å². The van der Waals surface area contributed by atoms with Gasteiger partial charge in [0.25, 0.3) is 0 Å². The number of nitrogens with one attached hydrogen (secondary N) is 1. The first kappa shape index (κ1) is 9.19. The van der Waals surface area contributed by atoms with Gasteiger partial charge in [0.1, 0.15) is 0 Å². The maximum absolute atomic E-state index is 5.05. The van der Waals surface area contributed by atoms with Crippen LogP contribution in [0.4, 0.5) is 0 Å². The van der Waals surface area contributed by atoms with Crippen LogP contribution in [0.15, 0.2) is 4.52 Å². The summed E-state index contributed by atoms with van der Waals surface area (Å²) in [6.07, 6.45) is 0. The highest BCUT2D eigenvalue weighted by molar-refractivity contribution is 4.94. The van der Waals surface area contributed by atoms with Crippen molar-refractivity contribution in [2.45, 2.75) is 32.7 Å². The first-order chi connectivity index (χ1) is 5.65. The zero-order valence-electron chi connectivity index (χ0n) is 7.96. The van der Waals surface area contributed by atoms with Crippen LogP contribution in [0.3, 0.4) is 0 Å². The average molecular weight is 169 g/mol. The SMILES string of the molecule is CNC(C)c1noc(C(C)C)n1. The van der Waals surface area contributed by atoms with E-state index in [0.717, 1.165) is 5.82 Å². The van der Waals surface area contributed by atoms with Gasteiger partial charge in [-0.15, -0.1) is 0 Å². The molecular formula is C8H15N3O. The van der Waals surface area contributed by atoms with E-state index in [1.807, 2.05) is 27.8 Å². The van der Waals surface area contributed by atoms with Crippen molar-refractivity contribution >= 4 is 0 Å². The Balaban J connectivity index is 2.77. The zero-order valence-corrected chi connectivity index (χ0v) is 7.96. The van der Waals surface area contributed by atoms with E-state index in [-0.39, 0.29) is 6.04 Å². The zero-order chi connectivity index (χ0) is 9.14. The predicted molar refractivity (Wildman–Crippen MR) is 45.9 cm³/mol. The molecule has 0 spiro atoms. The van der Waals surface area contributed by atoms with Crippen molar-refractivity contribution in [1.29, 1.82) is 0 Å². The first-order valence-electron chi connectivity index (χ1n) is 4.16. The third-order valence-corrected chi connectivity index (χ3v) is 1.77. The minimum Gasteiger partial charge on any atom is -0.339 e. The molecule has 1 aromatic heterocycles. The Morgan fingerprint density at radius 1 is 1.33 bits per heavy atom. The lowest BCUT2D eigenvalue weighted by atomic mass is 10.2. The Labute approximate surface area is 72.4 Å². The molecule has 1 atom stereocenters. The molecule has 1 N–H and O–H groups in total. The molecule has 0 saturated heterocycles. The topological polar surface area (TPSA) is 51.0 Å². The highest BCUT2D eigenvalue weighted by Gasteiger charge is 2.13. The van der Waals surface area contributed by atoms with Gasteiger partial charge in [0.05, 0.1) is 6.04 Å². The van der Waals surface area contributed by atoms with Crippen LogP contribution in [0.1, 0.15) is 44.4 Å². The summed E-state index contributed by atoms with van der Waals surface area (Å²) in [6, 6.07) is 0.154. The van der Waals surface area contributed by atoms with Crippen LogP contribution in [0.25, 0.3) is 0 Å². The van der Waals surface area contributed by atoms with Crippen LogP contribution in [0.5, 0.6) is 0 Å². The maximum atomic E-state index is 5.05. The van der Waals surface area contributed by atoms with E-state index in [1.165, 1.54) is 0 Å². The molecule has 68 valence electrons. The fourth-order valence-electron chi connectivity index (χ4n) is 0.787. The van der Waals surface area contributed by atoms with E-state index in [0.29, 0.717) is 11.8 Å². The quantitative estimate of drug-likeness (QED) is 0.744. The minimum absolute atomic E-state index is 0.154. The highest BCUT2D eigenvalue weighted by atomic mass is 16.5. The smallest absolute Gasteiger partial charge is 0.229 e. The molecule has 0 aliphatic carbocycles. The molecule has 0 saturated carbocycles. The van der Waals surface area contributed by atoms with Crippen molar-refractivity contribution in [2.24, 2.45) is 0 Å². The Hall–Kier alpha value is -0.900. The third-order valence-electron chi connectivity index (χ3n) is 1.77. The fraction of sp³-hybridized carbons (Fsp3) is 0.750. The second-order valence-corrected chi connectivity index (χ2v) is 3.16. The lowest BCUT2D eigenvalue weighted by Gasteiger charge is -2.01. The molecule has 4 heteroatoms. The van der Waals surface area contributed by atoms with E-state index in [4.69, 9.17) is 4.52 Å². The molecule has 1 unspecified atom stereocenters. The lowest BCUT2D eigenvalue weighted by molar-refractivity contribution is 0.357. The third kappa shape index (κ3) is 1.82. The summed E-state index contributed by atoms with van der Waals surface area (Å²) < 4.78 is 5.05. The van der Waals surface area contributed by atoms with Gasteiger partial charge >= 0.3 is 0 Å². The maximum Gasteiger partial charge on any atom is 0.229 e. The van der Waals surface area contributed by atoms with Crippen molar-refractivity contribution < 1.29 is 4.52 Å². The summed E-state index contributed by atoms with van der Waals surface area (Å²) in [5.74, 6) is 1.73. The first-order valence-corrected chi connectivity index (χ1v) is 4.16. The molecule has 1 heterocycles. The van der Waals surface area contributed by atoms with E-state index in [9.17, 15) is 0 Å². The molecule has 0 fully saturated rings. The molecular weight excluding hydrogens is 154 g/mol. The molecule has 0 amide bonds. The predicted octanol–water partition coefficient (Wildman–Crippen LogP) is 1.47. The molecule has 0 aromatic carbocycles. The molecule has 0 bridgehead atoms. The van der Waals surface area contributed by atoms with Crippen LogP contribution in [0, 0.1) is 0 Å². The lowest BCUT2D eigenvalue weighted by Crippen LogP contribution is -2.13. The summed E-state index contributed by atoms with van der Waals surface area (Å²) in [5.41, 5.74) is 0. The van der Waals surface area contributed by atoms with Gasteiger partial charge in [-0.1, -0.05) is 19.0 Å². The van der Waals surface area contributed by atoms with Crippen LogP contribution in [-0.4, -0.2) is 17.2 Å². The van der Waals surface area contributed by atoms with E-state index in [2.05, 4.69) is 15.5 Å². The average Bonchev–Trinajstić information content (AvgIpc) is 2.51. The summed E-state index contributed by atoms with van der Waals surface area (Å²) in [6.45, 7) is 6.05. The summed E-state index contributed by atoms with van der Waals surface area (Å²) in [5, 5.41) is 6.91. The Bertz CT molecular complexity index is 244. The monoisotopic (exact) mass is 169 g/mol. The molecule has 4 nitrogen and oxygen atoms in total. The normalized spacial score (nSPS) is 13.8. The number of aromatic nitrogens is 2. The molecule has 0 aliphatic rings. The van der Waals surface area contributed by atoms with Crippen LogP contribution < -0.4 is 5.32 Å². The summed E-state index contributed by atoms with van der Waals surface area (Å²) in [4.78, 5) is 4.24. The van der Waals surface area contributed by atoms with E-state index in [1.54, 1.807) is 0 Å². The van der Waals surface area contributed by atoms with Gasteiger partial charge in [0.2, 0.25) is 5.89 Å². The van der Waals surface area contributed by atoms with E-state index < -0.39 is 0 Å². The van der Waals surface area contributed by atoms with Crippen molar-refractivity contribution in [2.75, 3.05) is 7.05 Å². The molecule has 0 aliphatic heterocycles. The minimum atomic E-state index is 0.154.